The molecule has 2 atom stereocenters. The van der Waals surface area contributed by atoms with Crippen molar-refractivity contribution in [3.05, 3.63) is 0 Å². The van der Waals surface area contributed by atoms with E-state index in [9.17, 15) is 4.79 Å². The lowest BCUT2D eigenvalue weighted by Crippen LogP contribution is -2.59. The van der Waals surface area contributed by atoms with Crippen LogP contribution in [0.15, 0.2) is 0 Å². The van der Waals surface area contributed by atoms with Crippen LogP contribution in [0.3, 0.4) is 0 Å². The molecule has 0 saturated carbocycles. The zero-order chi connectivity index (χ0) is 9.19. The number of amides is 1. The number of nitrogens with one attached hydrogen (secondary N) is 1. The Hall–Kier alpha value is -0.610. The third-order valence-corrected chi connectivity index (χ3v) is 2.49. The predicted molar refractivity (Wildman–Crippen MR) is 45.6 cm³/mol. The van der Waals surface area contributed by atoms with Gasteiger partial charge in [-0.2, -0.15) is 0 Å². The summed E-state index contributed by atoms with van der Waals surface area (Å²) in [6.07, 6.45) is 0.562. The first kappa shape index (κ1) is 9.48. The number of carbonyl (C=O) groups is 1. The molecule has 0 radical (unpaired) electrons. The SMILES string of the molecule is CCNC1(C(N)=O)CCOC1C. The van der Waals surface area contributed by atoms with Gasteiger partial charge in [0.25, 0.3) is 0 Å². The second-order valence-electron chi connectivity index (χ2n) is 3.13. The van der Waals surface area contributed by atoms with Gasteiger partial charge in [-0.05, 0) is 13.5 Å². The number of hydrogen-bond acceptors (Lipinski definition) is 3. The molecule has 1 fully saturated rings. The molecular weight excluding hydrogens is 156 g/mol. The topological polar surface area (TPSA) is 64.3 Å². The molecule has 1 saturated heterocycles. The third kappa shape index (κ3) is 1.32. The Morgan fingerprint density at radius 2 is 2.50 bits per heavy atom. The first-order valence-corrected chi connectivity index (χ1v) is 4.30. The van der Waals surface area contributed by atoms with Gasteiger partial charge in [-0.15, -0.1) is 0 Å². The molecule has 4 nitrogen and oxygen atoms in total. The Labute approximate surface area is 72.5 Å². The molecule has 2 unspecified atom stereocenters. The van der Waals surface area contributed by atoms with E-state index in [1.165, 1.54) is 0 Å². The van der Waals surface area contributed by atoms with Gasteiger partial charge in [0.05, 0.1) is 6.10 Å². The molecule has 1 amide bonds. The van der Waals surface area contributed by atoms with Gasteiger partial charge in [0.15, 0.2) is 0 Å². The van der Waals surface area contributed by atoms with E-state index >= 15 is 0 Å². The van der Waals surface area contributed by atoms with Crippen LogP contribution < -0.4 is 11.1 Å². The zero-order valence-electron chi connectivity index (χ0n) is 7.59. The summed E-state index contributed by atoms with van der Waals surface area (Å²) < 4.78 is 5.32. The molecule has 0 aromatic rings. The molecule has 0 aromatic heterocycles. The van der Waals surface area contributed by atoms with Crippen LogP contribution in [0.1, 0.15) is 20.3 Å². The van der Waals surface area contributed by atoms with Crippen molar-refractivity contribution in [3.8, 4) is 0 Å². The van der Waals surface area contributed by atoms with Crippen molar-refractivity contribution in [2.24, 2.45) is 5.73 Å². The minimum atomic E-state index is -0.630. The fourth-order valence-electron chi connectivity index (χ4n) is 1.70. The smallest absolute Gasteiger partial charge is 0.240 e. The highest BCUT2D eigenvalue weighted by Crippen LogP contribution is 2.25. The maximum Gasteiger partial charge on any atom is 0.240 e. The highest BCUT2D eigenvalue weighted by atomic mass is 16.5. The van der Waals surface area contributed by atoms with Crippen molar-refractivity contribution >= 4 is 5.91 Å². The van der Waals surface area contributed by atoms with Crippen LogP contribution >= 0.6 is 0 Å². The summed E-state index contributed by atoms with van der Waals surface area (Å²) in [5.74, 6) is -0.311. The molecule has 3 N–H and O–H groups in total. The molecule has 1 rings (SSSR count). The average molecular weight is 172 g/mol. The summed E-state index contributed by atoms with van der Waals surface area (Å²) in [5, 5.41) is 3.11. The largest absolute Gasteiger partial charge is 0.376 e. The molecule has 1 aliphatic heterocycles. The summed E-state index contributed by atoms with van der Waals surface area (Å²) in [4.78, 5) is 11.2. The van der Waals surface area contributed by atoms with E-state index in [1.807, 2.05) is 13.8 Å². The van der Waals surface area contributed by atoms with Crippen LogP contribution in [0.4, 0.5) is 0 Å². The van der Waals surface area contributed by atoms with Crippen molar-refractivity contribution in [3.63, 3.8) is 0 Å². The Kier molecular flexibility index (Phi) is 2.69. The Morgan fingerprint density at radius 3 is 2.83 bits per heavy atom. The van der Waals surface area contributed by atoms with Gasteiger partial charge >= 0.3 is 0 Å². The Bertz CT molecular complexity index is 184. The van der Waals surface area contributed by atoms with E-state index in [0.29, 0.717) is 13.0 Å². The van der Waals surface area contributed by atoms with Crippen molar-refractivity contribution in [1.82, 2.24) is 5.32 Å². The van der Waals surface area contributed by atoms with Gasteiger partial charge in [0.2, 0.25) is 5.91 Å². The number of likely N-dealkylation sites (N-methyl/N-ethyl adjacent to an activating group) is 1. The number of carbonyl (C=O) groups excluding carboxylic acids is 1. The van der Waals surface area contributed by atoms with Crippen molar-refractivity contribution < 1.29 is 9.53 Å². The molecule has 4 heteroatoms. The van der Waals surface area contributed by atoms with Crippen molar-refractivity contribution in [2.75, 3.05) is 13.2 Å². The van der Waals surface area contributed by atoms with Crippen molar-refractivity contribution in [1.29, 1.82) is 0 Å². The quantitative estimate of drug-likeness (QED) is 0.610. The fraction of sp³-hybridized carbons (Fsp3) is 0.875. The number of nitrogens with two attached hydrogens (primary N) is 1. The van der Waals surface area contributed by atoms with Gasteiger partial charge < -0.3 is 15.8 Å². The van der Waals surface area contributed by atoms with Gasteiger partial charge in [0.1, 0.15) is 5.54 Å². The molecular formula is C8H16N2O2. The molecule has 0 aromatic carbocycles. The second-order valence-corrected chi connectivity index (χ2v) is 3.13. The van der Waals surface area contributed by atoms with Crippen LogP contribution in [0.5, 0.6) is 0 Å². The molecule has 0 bridgehead atoms. The van der Waals surface area contributed by atoms with E-state index in [2.05, 4.69) is 5.32 Å². The first-order valence-electron chi connectivity index (χ1n) is 4.30. The molecule has 70 valence electrons. The highest BCUT2D eigenvalue weighted by Gasteiger charge is 2.45. The van der Waals surface area contributed by atoms with Crippen LogP contribution in [-0.2, 0) is 9.53 Å². The average Bonchev–Trinajstić information content (AvgIpc) is 2.34. The minimum absolute atomic E-state index is 0.116. The van der Waals surface area contributed by atoms with E-state index < -0.39 is 5.54 Å². The maximum absolute atomic E-state index is 11.2. The Balaban J connectivity index is 2.77. The predicted octanol–water partition coefficient (Wildman–Crippen LogP) is -0.371. The summed E-state index contributed by atoms with van der Waals surface area (Å²) in [6, 6.07) is 0. The molecule has 0 aliphatic carbocycles. The van der Waals surface area contributed by atoms with E-state index in [-0.39, 0.29) is 12.0 Å². The van der Waals surface area contributed by atoms with Gasteiger partial charge in [0, 0.05) is 13.0 Å². The van der Waals surface area contributed by atoms with E-state index in [1.54, 1.807) is 0 Å². The Morgan fingerprint density at radius 1 is 1.83 bits per heavy atom. The summed E-state index contributed by atoms with van der Waals surface area (Å²) >= 11 is 0. The van der Waals surface area contributed by atoms with Crippen LogP contribution in [0.2, 0.25) is 0 Å². The van der Waals surface area contributed by atoms with Gasteiger partial charge in [-0.3, -0.25) is 4.79 Å². The molecule has 1 heterocycles. The lowest BCUT2D eigenvalue weighted by Gasteiger charge is -2.29. The number of primary amides is 1. The normalized spacial score (nSPS) is 35.3. The van der Waals surface area contributed by atoms with E-state index in [4.69, 9.17) is 10.5 Å². The summed E-state index contributed by atoms with van der Waals surface area (Å²) in [7, 11) is 0. The van der Waals surface area contributed by atoms with Crippen LogP contribution in [-0.4, -0.2) is 30.7 Å². The second kappa shape index (κ2) is 3.41. The first-order chi connectivity index (χ1) is 5.63. The molecule has 0 spiro atoms. The molecule has 12 heavy (non-hydrogen) atoms. The lowest BCUT2D eigenvalue weighted by molar-refractivity contribution is -0.126. The van der Waals surface area contributed by atoms with Crippen LogP contribution in [0.25, 0.3) is 0 Å². The summed E-state index contributed by atoms with van der Waals surface area (Å²) in [5.41, 5.74) is 4.70. The van der Waals surface area contributed by atoms with Gasteiger partial charge in [-0.25, -0.2) is 0 Å². The van der Waals surface area contributed by atoms with Crippen molar-refractivity contribution in [2.45, 2.75) is 31.9 Å². The molecule has 1 aliphatic rings. The summed E-state index contributed by atoms with van der Waals surface area (Å²) in [6.45, 7) is 5.17. The number of rotatable bonds is 3. The minimum Gasteiger partial charge on any atom is -0.376 e. The monoisotopic (exact) mass is 172 g/mol. The van der Waals surface area contributed by atoms with Crippen LogP contribution in [0, 0.1) is 0 Å². The maximum atomic E-state index is 11.2. The van der Waals surface area contributed by atoms with E-state index in [0.717, 1.165) is 6.54 Å². The fourth-order valence-corrected chi connectivity index (χ4v) is 1.70. The lowest BCUT2D eigenvalue weighted by atomic mass is 9.91. The highest BCUT2D eigenvalue weighted by molar-refractivity contribution is 5.85. The third-order valence-electron chi connectivity index (χ3n) is 2.49. The van der Waals surface area contributed by atoms with Gasteiger partial charge in [-0.1, -0.05) is 6.92 Å². The number of ether oxygens (including phenoxy) is 1. The standard InChI is InChI=1S/C8H16N2O2/c1-3-10-8(7(9)11)4-5-12-6(8)2/h6,10H,3-5H2,1-2H3,(H2,9,11). The number of hydrogen-bond donors (Lipinski definition) is 2. The zero-order valence-corrected chi connectivity index (χ0v) is 7.59.